The van der Waals surface area contributed by atoms with Crippen molar-refractivity contribution in [2.75, 3.05) is 20.2 Å². The van der Waals surface area contributed by atoms with Gasteiger partial charge >= 0.3 is 0 Å². The van der Waals surface area contributed by atoms with E-state index in [4.69, 9.17) is 16.3 Å². The van der Waals surface area contributed by atoms with E-state index in [-0.39, 0.29) is 29.9 Å². The standard InChI is InChI=1S/C7H10ClNO2/c1-9-2-4(8)7-6(9)5(10)3-11-7/h4,6-7H,2-3H2,1H3/t4-,6?,7?/m1/s1. The third-order valence-electron chi connectivity index (χ3n) is 2.35. The smallest absolute Gasteiger partial charge is 0.178 e. The van der Waals surface area contributed by atoms with Crippen LogP contribution in [0.3, 0.4) is 0 Å². The summed E-state index contributed by atoms with van der Waals surface area (Å²) in [6.45, 7) is 0.992. The monoisotopic (exact) mass is 175 g/mol. The largest absolute Gasteiger partial charge is 0.367 e. The Hall–Kier alpha value is -0.120. The Morgan fingerprint density at radius 1 is 1.73 bits per heavy atom. The Morgan fingerprint density at radius 2 is 2.45 bits per heavy atom. The molecule has 3 nitrogen and oxygen atoms in total. The number of fused-ring (bicyclic) bond motifs is 1. The number of rotatable bonds is 0. The maximum Gasteiger partial charge on any atom is 0.178 e. The van der Waals surface area contributed by atoms with E-state index in [1.54, 1.807) is 0 Å². The van der Waals surface area contributed by atoms with Gasteiger partial charge in [0, 0.05) is 6.54 Å². The van der Waals surface area contributed by atoms with Crippen molar-refractivity contribution >= 4 is 17.4 Å². The van der Waals surface area contributed by atoms with E-state index >= 15 is 0 Å². The van der Waals surface area contributed by atoms with Crippen molar-refractivity contribution < 1.29 is 9.53 Å². The first-order valence-electron chi connectivity index (χ1n) is 3.69. The minimum Gasteiger partial charge on any atom is -0.367 e. The van der Waals surface area contributed by atoms with Gasteiger partial charge in [-0.25, -0.2) is 0 Å². The minimum atomic E-state index is -0.0718. The molecule has 4 heteroatoms. The molecular weight excluding hydrogens is 166 g/mol. The molecule has 0 N–H and O–H groups in total. The molecule has 2 heterocycles. The second-order valence-corrected chi connectivity index (χ2v) is 3.70. The van der Waals surface area contributed by atoms with Crippen molar-refractivity contribution in [3.63, 3.8) is 0 Å². The summed E-state index contributed by atoms with van der Waals surface area (Å²) in [6.07, 6.45) is -0.0610. The van der Waals surface area contributed by atoms with Crippen molar-refractivity contribution in [2.45, 2.75) is 17.5 Å². The van der Waals surface area contributed by atoms with Gasteiger partial charge in [0.1, 0.15) is 6.61 Å². The van der Waals surface area contributed by atoms with Crippen LogP contribution in [-0.2, 0) is 9.53 Å². The molecule has 2 rings (SSSR count). The van der Waals surface area contributed by atoms with Gasteiger partial charge in [-0.15, -0.1) is 11.6 Å². The van der Waals surface area contributed by atoms with Crippen LogP contribution in [0.5, 0.6) is 0 Å². The summed E-state index contributed by atoms with van der Waals surface area (Å²) in [7, 11) is 1.91. The van der Waals surface area contributed by atoms with Crippen LogP contribution in [-0.4, -0.2) is 48.4 Å². The third-order valence-corrected chi connectivity index (χ3v) is 2.74. The number of alkyl halides is 1. The molecule has 0 aromatic rings. The van der Waals surface area contributed by atoms with E-state index in [0.717, 1.165) is 6.54 Å². The molecule has 0 amide bonds. The Morgan fingerprint density at radius 3 is 3.09 bits per heavy atom. The molecule has 62 valence electrons. The number of likely N-dealkylation sites (N-methyl/N-ethyl adjacent to an activating group) is 1. The predicted molar refractivity (Wildman–Crippen MR) is 40.8 cm³/mol. The van der Waals surface area contributed by atoms with Gasteiger partial charge in [0.05, 0.1) is 17.5 Å². The fourth-order valence-corrected chi connectivity index (χ4v) is 2.26. The molecule has 11 heavy (non-hydrogen) atoms. The second kappa shape index (κ2) is 2.44. The van der Waals surface area contributed by atoms with Crippen LogP contribution in [0.15, 0.2) is 0 Å². The van der Waals surface area contributed by atoms with Crippen molar-refractivity contribution in [2.24, 2.45) is 0 Å². The highest BCUT2D eigenvalue weighted by molar-refractivity contribution is 6.22. The van der Waals surface area contributed by atoms with Crippen molar-refractivity contribution in [1.82, 2.24) is 4.90 Å². The Bertz CT molecular complexity index is 197. The Kier molecular flexibility index (Phi) is 1.67. The fraction of sp³-hybridized carbons (Fsp3) is 0.857. The van der Waals surface area contributed by atoms with E-state index < -0.39 is 0 Å². The van der Waals surface area contributed by atoms with Gasteiger partial charge in [0.15, 0.2) is 5.78 Å². The first-order chi connectivity index (χ1) is 5.20. The summed E-state index contributed by atoms with van der Waals surface area (Å²) in [4.78, 5) is 13.2. The lowest BCUT2D eigenvalue weighted by atomic mass is 10.1. The molecule has 0 bridgehead atoms. The highest BCUT2D eigenvalue weighted by Crippen LogP contribution is 2.28. The highest BCUT2D eigenvalue weighted by Gasteiger charge is 2.48. The number of carbonyl (C=O) groups excluding carboxylic acids is 1. The summed E-state index contributed by atoms with van der Waals surface area (Å²) in [5.41, 5.74) is 0. The summed E-state index contributed by atoms with van der Waals surface area (Å²) in [5.74, 6) is 0.167. The van der Waals surface area contributed by atoms with Crippen LogP contribution in [0.2, 0.25) is 0 Å². The van der Waals surface area contributed by atoms with Gasteiger partial charge in [0.2, 0.25) is 0 Å². The molecule has 2 aliphatic rings. The van der Waals surface area contributed by atoms with Gasteiger partial charge in [-0.1, -0.05) is 0 Å². The molecule has 2 aliphatic heterocycles. The molecule has 2 unspecified atom stereocenters. The number of Topliss-reactive ketones (excluding diaryl/α,β-unsaturated/α-hetero) is 1. The predicted octanol–water partition coefficient (Wildman–Crippen LogP) is -0.124. The highest BCUT2D eigenvalue weighted by atomic mass is 35.5. The van der Waals surface area contributed by atoms with Gasteiger partial charge < -0.3 is 4.74 Å². The first kappa shape index (κ1) is 7.53. The normalized spacial score (nSPS) is 44.9. The molecule has 0 aromatic carbocycles. The van der Waals surface area contributed by atoms with Crippen molar-refractivity contribution in [1.29, 1.82) is 0 Å². The molecule has 0 saturated carbocycles. The van der Waals surface area contributed by atoms with Crippen LogP contribution < -0.4 is 0 Å². The topological polar surface area (TPSA) is 29.5 Å². The number of hydrogen-bond donors (Lipinski definition) is 0. The zero-order valence-corrected chi connectivity index (χ0v) is 7.04. The fourth-order valence-electron chi connectivity index (χ4n) is 1.83. The molecule has 0 spiro atoms. The maximum atomic E-state index is 11.2. The number of carbonyl (C=O) groups is 1. The van der Waals surface area contributed by atoms with Crippen LogP contribution in [0.4, 0.5) is 0 Å². The zero-order chi connectivity index (χ0) is 8.01. The van der Waals surface area contributed by atoms with Gasteiger partial charge in [-0.05, 0) is 7.05 Å². The third kappa shape index (κ3) is 0.991. The number of hydrogen-bond acceptors (Lipinski definition) is 3. The molecule has 2 saturated heterocycles. The van der Waals surface area contributed by atoms with Crippen LogP contribution >= 0.6 is 11.6 Å². The number of likely N-dealkylation sites (tertiary alicyclic amines) is 1. The number of nitrogens with zero attached hydrogens (tertiary/aromatic N) is 1. The lowest BCUT2D eigenvalue weighted by Gasteiger charge is -2.13. The number of ketones is 1. The van der Waals surface area contributed by atoms with Crippen molar-refractivity contribution in [3.8, 4) is 0 Å². The molecule has 3 atom stereocenters. The summed E-state index contributed by atoms with van der Waals surface area (Å²) < 4.78 is 5.25. The maximum absolute atomic E-state index is 11.2. The zero-order valence-electron chi connectivity index (χ0n) is 6.29. The summed E-state index contributed by atoms with van der Waals surface area (Å²) in [5, 5.41) is -0.0172. The van der Waals surface area contributed by atoms with Crippen LogP contribution in [0, 0.1) is 0 Å². The number of ether oxygens (including phenoxy) is 1. The van der Waals surface area contributed by atoms with Crippen LogP contribution in [0.25, 0.3) is 0 Å². The lowest BCUT2D eigenvalue weighted by molar-refractivity contribution is -0.120. The molecule has 0 aromatic heterocycles. The van der Waals surface area contributed by atoms with E-state index in [9.17, 15) is 4.79 Å². The Labute approximate surface area is 70.3 Å². The number of halogens is 1. The summed E-state index contributed by atoms with van der Waals surface area (Å²) in [6, 6.07) is -0.0718. The molecule has 0 aliphatic carbocycles. The van der Waals surface area contributed by atoms with E-state index in [0.29, 0.717) is 0 Å². The molecule has 2 fully saturated rings. The van der Waals surface area contributed by atoms with Gasteiger partial charge in [0.25, 0.3) is 0 Å². The lowest BCUT2D eigenvalue weighted by Crippen LogP contribution is -2.34. The molecular formula is C7H10ClNO2. The van der Waals surface area contributed by atoms with E-state index in [1.807, 2.05) is 11.9 Å². The molecule has 0 radical (unpaired) electrons. The quantitative estimate of drug-likeness (QED) is 0.481. The average Bonchev–Trinajstić information content (AvgIpc) is 2.41. The van der Waals surface area contributed by atoms with Gasteiger partial charge in [-0.3, -0.25) is 9.69 Å². The minimum absolute atomic E-state index is 0.0172. The average molecular weight is 176 g/mol. The first-order valence-corrected chi connectivity index (χ1v) is 4.12. The second-order valence-electron chi connectivity index (χ2n) is 3.14. The van der Waals surface area contributed by atoms with Gasteiger partial charge in [-0.2, -0.15) is 0 Å². The summed E-state index contributed by atoms with van der Waals surface area (Å²) >= 11 is 5.95. The van der Waals surface area contributed by atoms with Crippen molar-refractivity contribution in [3.05, 3.63) is 0 Å². The van der Waals surface area contributed by atoms with E-state index in [2.05, 4.69) is 0 Å². The van der Waals surface area contributed by atoms with E-state index in [1.165, 1.54) is 0 Å². The SMILES string of the molecule is CN1C[C@@H](Cl)C2OCC(=O)C21. The van der Waals surface area contributed by atoms with Crippen LogP contribution in [0.1, 0.15) is 0 Å². The Balaban J connectivity index is 2.21.